The third-order valence-electron chi connectivity index (χ3n) is 6.56. The molecule has 0 aliphatic carbocycles. The summed E-state index contributed by atoms with van der Waals surface area (Å²) >= 11 is 0. The second-order valence-corrected chi connectivity index (χ2v) is 10.0. The third kappa shape index (κ3) is 4.00. The molecule has 4 heterocycles. The van der Waals surface area contributed by atoms with Gasteiger partial charge in [-0.1, -0.05) is 0 Å². The Kier molecular flexibility index (Phi) is 6.40. The zero-order chi connectivity index (χ0) is 17.6. The highest BCUT2D eigenvalue weighted by Gasteiger charge is 2.53. The van der Waals surface area contributed by atoms with Crippen LogP contribution in [0, 0.1) is 17.8 Å². The minimum atomic E-state index is -3.04. The molecule has 4 fully saturated rings. The van der Waals surface area contributed by atoms with Crippen LogP contribution in [0.3, 0.4) is 0 Å². The van der Waals surface area contributed by atoms with Gasteiger partial charge in [0.25, 0.3) is 0 Å². The fourth-order valence-electron chi connectivity index (χ4n) is 5.15. The number of nitrogens with zero attached hydrogens (tertiary/aromatic N) is 3. The molecule has 4 atom stereocenters. The monoisotopic (exact) mass is 498 g/mol. The zero-order valence-corrected chi connectivity index (χ0v) is 18.8. The molecule has 7 nitrogen and oxygen atoms in total. The summed E-state index contributed by atoms with van der Waals surface area (Å²) in [7, 11) is -1.19. The first kappa shape index (κ1) is 20.6. The molecule has 26 heavy (non-hydrogen) atoms. The summed E-state index contributed by atoms with van der Waals surface area (Å²) in [5.74, 6) is 2.86. The number of aliphatic imine (C=N–C) groups is 1. The topological polar surface area (TPSA) is 74.2 Å². The number of guanidine groups is 1. The lowest BCUT2D eigenvalue weighted by Crippen LogP contribution is -2.45. The number of piperidine rings is 1. The van der Waals surface area contributed by atoms with Gasteiger partial charge in [-0.3, -0.25) is 4.99 Å². The average molecular weight is 498 g/mol. The molecule has 4 aliphatic heterocycles. The summed E-state index contributed by atoms with van der Waals surface area (Å²) in [5, 5.41) is 3.54. The van der Waals surface area contributed by atoms with Gasteiger partial charge in [-0.25, -0.2) is 12.7 Å². The van der Waals surface area contributed by atoms with Crippen molar-refractivity contribution in [2.75, 3.05) is 46.0 Å². The number of fused-ring (bicyclic) bond motifs is 5. The summed E-state index contributed by atoms with van der Waals surface area (Å²) in [5.41, 5.74) is 0. The Hall–Kier alpha value is -0.130. The molecule has 1 N–H and O–H groups in total. The van der Waals surface area contributed by atoms with Gasteiger partial charge in [-0.15, -0.1) is 24.0 Å². The molecule has 0 saturated carbocycles. The molecule has 0 spiro atoms. The second kappa shape index (κ2) is 8.08. The van der Waals surface area contributed by atoms with Gasteiger partial charge in [0, 0.05) is 51.6 Å². The summed E-state index contributed by atoms with van der Waals surface area (Å²) in [6.45, 7) is 4.26. The summed E-state index contributed by atoms with van der Waals surface area (Å²) < 4.78 is 30.9. The van der Waals surface area contributed by atoms with E-state index in [-0.39, 0.29) is 24.0 Å². The normalized spacial score (nSPS) is 35.5. The molecule has 4 unspecified atom stereocenters. The van der Waals surface area contributed by atoms with Crippen molar-refractivity contribution in [2.24, 2.45) is 22.7 Å². The van der Waals surface area contributed by atoms with Crippen LogP contribution in [0.2, 0.25) is 0 Å². The van der Waals surface area contributed by atoms with Crippen LogP contribution in [-0.2, 0) is 14.8 Å². The third-order valence-corrected chi connectivity index (χ3v) is 7.86. The highest BCUT2D eigenvalue weighted by atomic mass is 127. The molecular formula is C17H31IN4O3S. The van der Waals surface area contributed by atoms with E-state index >= 15 is 0 Å². The van der Waals surface area contributed by atoms with Crippen LogP contribution < -0.4 is 5.32 Å². The van der Waals surface area contributed by atoms with Crippen molar-refractivity contribution in [1.29, 1.82) is 0 Å². The Morgan fingerprint density at radius 1 is 1.12 bits per heavy atom. The maximum Gasteiger partial charge on any atom is 0.211 e. The van der Waals surface area contributed by atoms with E-state index in [0.29, 0.717) is 43.1 Å². The smallest absolute Gasteiger partial charge is 0.211 e. The largest absolute Gasteiger partial charge is 0.374 e. The average Bonchev–Trinajstić information content (AvgIpc) is 3.28. The van der Waals surface area contributed by atoms with Gasteiger partial charge in [0.2, 0.25) is 10.0 Å². The standard InChI is InChI=1S/C17H30N4O3S.HI/c1-18-17(19-9-12-5-7-21(8-6-12)25(2,22)23)20-10-13-14(11-20)16-4-3-15(13)24-16;/h12-16H,3-11H2,1-2H3,(H,18,19);1H. The van der Waals surface area contributed by atoms with Crippen LogP contribution in [0.25, 0.3) is 0 Å². The van der Waals surface area contributed by atoms with Crippen LogP contribution in [0.15, 0.2) is 4.99 Å². The zero-order valence-electron chi connectivity index (χ0n) is 15.6. The van der Waals surface area contributed by atoms with Crippen molar-refractivity contribution in [3.63, 3.8) is 0 Å². The Balaban J connectivity index is 0.00000196. The van der Waals surface area contributed by atoms with Gasteiger partial charge in [0.05, 0.1) is 18.5 Å². The van der Waals surface area contributed by atoms with E-state index in [1.54, 1.807) is 4.31 Å². The van der Waals surface area contributed by atoms with Gasteiger partial charge in [0.1, 0.15) is 0 Å². The first-order valence-electron chi connectivity index (χ1n) is 9.52. The molecule has 0 radical (unpaired) electrons. The van der Waals surface area contributed by atoms with Crippen molar-refractivity contribution in [3.05, 3.63) is 0 Å². The number of ether oxygens (including phenoxy) is 1. The lowest BCUT2D eigenvalue weighted by atomic mass is 9.82. The fourth-order valence-corrected chi connectivity index (χ4v) is 6.02. The highest BCUT2D eigenvalue weighted by Crippen LogP contribution is 2.47. The minimum absolute atomic E-state index is 0. The van der Waals surface area contributed by atoms with Crippen LogP contribution in [0.5, 0.6) is 0 Å². The van der Waals surface area contributed by atoms with Crippen LogP contribution in [0.4, 0.5) is 0 Å². The molecule has 0 aromatic carbocycles. The first-order valence-corrected chi connectivity index (χ1v) is 11.4. The van der Waals surface area contributed by atoms with Crippen molar-refractivity contribution in [2.45, 2.75) is 37.9 Å². The Bertz CT molecular complexity index is 618. The quantitative estimate of drug-likeness (QED) is 0.357. The lowest BCUT2D eigenvalue weighted by Gasteiger charge is -2.31. The Morgan fingerprint density at radius 2 is 1.69 bits per heavy atom. The maximum atomic E-state index is 11.6. The van der Waals surface area contributed by atoms with Gasteiger partial charge >= 0.3 is 0 Å². The van der Waals surface area contributed by atoms with Crippen molar-refractivity contribution >= 4 is 40.0 Å². The minimum Gasteiger partial charge on any atom is -0.374 e. The fraction of sp³-hybridized carbons (Fsp3) is 0.941. The highest BCUT2D eigenvalue weighted by molar-refractivity contribution is 14.0. The maximum absolute atomic E-state index is 11.6. The molecule has 0 aromatic rings. The molecule has 4 aliphatic rings. The molecule has 4 saturated heterocycles. The van der Waals surface area contributed by atoms with Gasteiger partial charge in [-0.2, -0.15) is 0 Å². The van der Waals surface area contributed by atoms with E-state index < -0.39 is 10.0 Å². The van der Waals surface area contributed by atoms with Crippen LogP contribution in [-0.4, -0.2) is 81.8 Å². The van der Waals surface area contributed by atoms with Crippen molar-refractivity contribution in [3.8, 4) is 0 Å². The van der Waals surface area contributed by atoms with E-state index in [9.17, 15) is 8.42 Å². The van der Waals surface area contributed by atoms with Crippen molar-refractivity contribution in [1.82, 2.24) is 14.5 Å². The van der Waals surface area contributed by atoms with Gasteiger partial charge < -0.3 is 15.0 Å². The number of likely N-dealkylation sites (tertiary alicyclic amines) is 1. The SMILES string of the molecule is CN=C(NCC1CCN(S(C)(=O)=O)CC1)N1CC2C3CCC(O3)C2C1.I. The van der Waals surface area contributed by atoms with Crippen LogP contribution >= 0.6 is 24.0 Å². The Morgan fingerprint density at radius 3 is 2.19 bits per heavy atom. The molecular weight excluding hydrogens is 467 g/mol. The van der Waals surface area contributed by atoms with E-state index in [1.165, 1.54) is 19.1 Å². The first-order chi connectivity index (χ1) is 12.0. The van der Waals surface area contributed by atoms with E-state index in [2.05, 4.69) is 15.2 Å². The summed E-state index contributed by atoms with van der Waals surface area (Å²) in [4.78, 5) is 6.89. The van der Waals surface area contributed by atoms with E-state index in [4.69, 9.17) is 4.74 Å². The molecule has 0 amide bonds. The molecule has 2 bridgehead atoms. The lowest BCUT2D eigenvalue weighted by molar-refractivity contribution is 0.0766. The predicted octanol–water partition coefficient (Wildman–Crippen LogP) is 0.961. The number of nitrogens with one attached hydrogen (secondary N) is 1. The summed E-state index contributed by atoms with van der Waals surface area (Å²) in [6.07, 6.45) is 6.53. The second-order valence-electron chi connectivity index (χ2n) is 8.06. The molecule has 9 heteroatoms. The van der Waals surface area contributed by atoms with Gasteiger partial charge in [0.15, 0.2) is 5.96 Å². The van der Waals surface area contributed by atoms with E-state index in [0.717, 1.165) is 38.4 Å². The number of rotatable bonds is 3. The number of hydrogen-bond donors (Lipinski definition) is 1. The molecule has 150 valence electrons. The van der Waals surface area contributed by atoms with Crippen LogP contribution in [0.1, 0.15) is 25.7 Å². The number of hydrogen-bond acceptors (Lipinski definition) is 4. The molecule has 4 rings (SSSR count). The van der Waals surface area contributed by atoms with Gasteiger partial charge in [-0.05, 0) is 31.6 Å². The molecule has 0 aromatic heterocycles. The predicted molar refractivity (Wildman–Crippen MR) is 112 cm³/mol. The Labute approximate surface area is 174 Å². The summed E-state index contributed by atoms with van der Waals surface area (Å²) in [6, 6.07) is 0. The number of halogens is 1. The van der Waals surface area contributed by atoms with Crippen molar-refractivity contribution < 1.29 is 13.2 Å². The van der Waals surface area contributed by atoms with E-state index in [1.807, 2.05) is 7.05 Å². The number of sulfonamides is 1.